The lowest BCUT2D eigenvalue weighted by atomic mass is 10.0. The summed E-state index contributed by atoms with van der Waals surface area (Å²) in [6.07, 6.45) is 0.475. The number of benzene rings is 1. The van der Waals surface area contributed by atoms with Gasteiger partial charge in [-0.1, -0.05) is 6.07 Å². The standard InChI is InChI=1S/C12H14O4/c1-8(13)10-7-9(4-6-12(14)15)3-5-11(10)16-2/h3,5,7H,4,6H2,1-2H3,(H,14,15). The van der Waals surface area contributed by atoms with E-state index in [9.17, 15) is 9.59 Å². The number of rotatable bonds is 5. The van der Waals surface area contributed by atoms with Gasteiger partial charge in [-0.05, 0) is 31.0 Å². The molecule has 0 aliphatic carbocycles. The number of ketones is 1. The molecular weight excluding hydrogens is 208 g/mol. The summed E-state index contributed by atoms with van der Waals surface area (Å²) in [6, 6.07) is 5.15. The summed E-state index contributed by atoms with van der Waals surface area (Å²) in [4.78, 5) is 21.7. The maximum Gasteiger partial charge on any atom is 0.303 e. The van der Waals surface area contributed by atoms with Gasteiger partial charge in [-0.2, -0.15) is 0 Å². The summed E-state index contributed by atoms with van der Waals surface area (Å²) < 4.78 is 5.05. The first-order valence-electron chi connectivity index (χ1n) is 4.94. The number of carboxylic acid groups (broad SMARTS) is 1. The maximum absolute atomic E-state index is 11.3. The van der Waals surface area contributed by atoms with E-state index >= 15 is 0 Å². The molecule has 4 heteroatoms. The van der Waals surface area contributed by atoms with Crippen LogP contribution in [0.3, 0.4) is 0 Å². The van der Waals surface area contributed by atoms with Gasteiger partial charge in [0.2, 0.25) is 0 Å². The van der Waals surface area contributed by atoms with Crippen molar-refractivity contribution in [2.75, 3.05) is 7.11 Å². The molecule has 0 atom stereocenters. The van der Waals surface area contributed by atoms with Gasteiger partial charge < -0.3 is 9.84 Å². The van der Waals surface area contributed by atoms with Gasteiger partial charge in [0.25, 0.3) is 0 Å². The van der Waals surface area contributed by atoms with E-state index in [0.717, 1.165) is 5.56 Å². The number of hydrogen-bond acceptors (Lipinski definition) is 3. The van der Waals surface area contributed by atoms with Crippen molar-refractivity contribution in [3.63, 3.8) is 0 Å². The summed E-state index contributed by atoms with van der Waals surface area (Å²) >= 11 is 0. The highest BCUT2D eigenvalue weighted by Crippen LogP contribution is 2.21. The molecule has 4 nitrogen and oxygen atoms in total. The second-order valence-corrected chi connectivity index (χ2v) is 3.48. The highest BCUT2D eigenvalue weighted by Gasteiger charge is 2.09. The van der Waals surface area contributed by atoms with Gasteiger partial charge in [0.1, 0.15) is 5.75 Å². The van der Waals surface area contributed by atoms with Crippen LogP contribution in [0, 0.1) is 0 Å². The second kappa shape index (κ2) is 5.30. The Morgan fingerprint density at radius 2 is 2.06 bits per heavy atom. The van der Waals surface area contributed by atoms with Crippen LogP contribution in [0.4, 0.5) is 0 Å². The average molecular weight is 222 g/mol. The van der Waals surface area contributed by atoms with Crippen LogP contribution in [0.25, 0.3) is 0 Å². The molecule has 16 heavy (non-hydrogen) atoms. The summed E-state index contributed by atoms with van der Waals surface area (Å²) in [5, 5.41) is 8.56. The third-order valence-corrected chi connectivity index (χ3v) is 2.27. The number of carbonyl (C=O) groups is 2. The fourth-order valence-electron chi connectivity index (χ4n) is 1.44. The smallest absolute Gasteiger partial charge is 0.303 e. The van der Waals surface area contributed by atoms with Crippen molar-refractivity contribution < 1.29 is 19.4 Å². The number of methoxy groups -OCH3 is 1. The molecular formula is C12H14O4. The van der Waals surface area contributed by atoms with E-state index in [4.69, 9.17) is 9.84 Å². The molecule has 86 valence electrons. The largest absolute Gasteiger partial charge is 0.496 e. The Morgan fingerprint density at radius 3 is 2.56 bits per heavy atom. The fourth-order valence-corrected chi connectivity index (χ4v) is 1.44. The Labute approximate surface area is 93.9 Å². The molecule has 0 bridgehead atoms. The SMILES string of the molecule is COc1ccc(CCC(=O)O)cc1C(C)=O. The van der Waals surface area contributed by atoms with Crippen LogP contribution < -0.4 is 4.74 Å². The normalized spacial score (nSPS) is 9.88. The molecule has 0 heterocycles. The van der Waals surface area contributed by atoms with Crippen LogP contribution in [-0.2, 0) is 11.2 Å². The summed E-state index contributed by atoms with van der Waals surface area (Å²) in [7, 11) is 1.50. The molecule has 0 aromatic heterocycles. The summed E-state index contributed by atoms with van der Waals surface area (Å²) in [6.45, 7) is 1.46. The van der Waals surface area contributed by atoms with E-state index in [-0.39, 0.29) is 12.2 Å². The van der Waals surface area contributed by atoms with Crippen LogP contribution in [0.5, 0.6) is 5.75 Å². The zero-order chi connectivity index (χ0) is 12.1. The minimum absolute atomic E-state index is 0.0592. The van der Waals surface area contributed by atoms with E-state index < -0.39 is 5.97 Å². The fraction of sp³-hybridized carbons (Fsp3) is 0.333. The minimum atomic E-state index is -0.847. The Bertz CT molecular complexity index is 409. The van der Waals surface area contributed by atoms with Crippen LogP contribution in [0.2, 0.25) is 0 Å². The molecule has 0 aliphatic heterocycles. The van der Waals surface area contributed by atoms with Gasteiger partial charge in [-0.15, -0.1) is 0 Å². The first kappa shape index (κ1) is 12.2. The first-order valence-corrected chi connectivity index (χ1v) is 4.94. The monoisotopic (exact) mass is 222 g/mol. The molecule has 0 saturated carbocycles. The summed E-state index contributed by atoms with van der Waals surface area (Å²) in [5.74, 6) is -0.416. The third kappa shape index (κ3) is 3.08. The van der Waals surface area contributed by atoms with Crippen molar-refractivity contribution in [1.29, 1.82) is 0 Å². The maximum atomic E-state index is 11.3. The van der Waals surface area contributed by atoms with Crippen molar-refractivity contribution in [2.24, 2.45) is 0 Å². The van der Waals surface area contributed by atoms with Gasteiger partial charge in [0.15, 0.2) is 5.78 Å². The van der Waals surface area contributed by atoms with Crippen LogP contribution >= 0.6 is 0 Å². The third-order valence-electron chi connectivity index (χ3n) is 2.27. The van der Waals surface area contributed by atoms with Gasteiger partial charge in [-0.3, -0.25) is 9.59 Å². The van der Waals surface area contributed by atoms with E-state index in [1.54, 1.807) is 18.2 Å². The van der Waals surface area contributed by atoms with Gasteiger partial charge >= 0.3 is 5.97 Å². The summed E-state index contributed by atoms with van der Waals surface area (Å²) in [5.41, 5.74) is 1.32. The molecule has 1 aromatic rings. The molecule has 0 aliphatic rings. The highest BCUT2D eigenvalue weighted by molar-refractivity contribution is 5.97. The Hall–Kier alpha value is -1.84. The van der Waals surface area contributed by atoms with Crippen LogP contribution in [-0.4, -0.2) is 24.0 Å². The van der Waals surface area contributed by atoms with E-state index in [1.807, 2.05) is 0 Å². The minimum Gasteiger partial charge on any atom is -0.496 e. The van der Waals surface area contributed by atoms with E-state index in [0.29, 0.717) is 17.7 Å². The predicted octanol–water partition coefficient (Wildman–Crippen LogP) is 1.92. The number of aliphatic carboxylic acids is 1. The zero-order valence-corrected chi connectivity index (χ0v) is 9.32. The van der Waals surface area contributed by atoms with Gasteiger partial charge in [-0.25, -0.2) is 0 Å². The van der Waals surface area contributed by atoms with Crippen LogP contribution in [0.1, 0.15) is 29.3 Å². The number of hydrogen-bond donors (Lipinski definition) is 1. The van der Waals surface area contributed by atoms with Gasteiger partial charge in [0.05, 0.1) is 12.7 Å². The Morgan fingerprint density at radius 1 is 1.38 bits per heavy atom. The molecule has 0 radical (unpaired) electrons. The lowest BCUT2D eigenvalue weighted by molar-refractivity contribution is -0.136. The number of aryl methyl sites for hydroxylation is 1. The highest BCUT2D eigenvalue weighted by atomic mass is 16.5. The van der Waals surface area contributed by atoms with Gasteiger partial charge in [0, 0.05) is 6.42 Å². The van der Waals surface area contributed by atoms with Crippen molar-refractivity contribution in [3.05, 3.63) is 29.3 Å². The lowest BCUT2D eigenvalue weighted by Gasteiger charge is -2.07. The number of ether oxygens (including phenoxy) is 1. The van der Waals surface area contributed by atoms with Crippen molar-refractivity contribution >= 4 is 11.8 Å². The quantitative estimate of drug-likeness (QED) is 0.773. The molecule has 1 aromatic carbocycles. The van der Waals surface area contributed by atoms with E-state index in [2.05, 4.69) is 0 Å². The van der Waals surface area contributed by atoms with Crippen molar-refractivity contribution in [2.45, 2.75) is 19.8 Å². The molecule has 0 spiro atoms. The first-order chi connectivity index (χ1) is 7.54. The Balaban J connectivity index is 2.93. The van der Waals surface area contributed by atoms with Crippen molar-refractivity contribution in [3.8, 4) is 5.75 Å². The molecule has 0 fully saturated rings. The zero-order valence-electron chi connectivity index (χ0n) is 9.32. The topological polar surface area (TPSA) is 63.6 Å². The predicted molar refractivity (Wildman–Crippen MR) is 59.0 cm³/mol. The second-order valence-electron chi connectivity index (χ2n) is 3.48. The molecule has 0 amide bonds. The van der Waals surface area contributed by atoms with Crippen LogP contribution in [0.15, 0.2) is 18.2 Å². The molecule has 1 rings (SSSR count). The van der Waals surface area contributed by atoms with Crippen molar-refractivity contribution in [1.82, 2.24) is 0 Å². The number of Topliss-reactive ketones (excluding diaryl/α,β-unsaturated/α-hetero) is 1. The Kier molecular flexibility index (Phi) is 4.05. The molecule has 0 unspecified atom stereocenters. The lowest BCUT2D eigenvalue weighted by Crippen LogP contribution is -2.01. The molecule has 1 N–H and O–H groups in total. The number of carbonyl (C=O) groups excluding carboxylic acids is 1. The average Bonchev–Trinajstić information content (AvgIpc) is 2.25. The number of carboxylic acids is 1. The van der Waals surface area contributed by atoms with E-state index in [1.165, 1.54) is 14.0 Å². The molecule has 0 saturated heterocycles.